The molecule has 0 bridgehead atoms. The lowest BCUT2D eigenvalue weighted by atomic mass is 10.2. The SMILES string of the molecule is COC(=O)CC1ON(Cc2ccccc2Cl)C(=O)N1c1ccccc1Cl. The molecule has 0 aromatic heterocycles. The van der Waals surface area contributed by atoms with Gasteiger partial charge in [0.15, 0.2) is 6.23 Å². The minimum absolute atomic E-state index is 0.132. The van der Waals surface area contributed by atoms with Gasteiger partial charge in [-0.15, -0.1) is 0 Å². The third-order valence-electron chi connectivity index (χ3n) is 3.91. The first-order valence-electron chi connectivity index (χ1n) is 7.83. The minimum Gasteiger partial charge on any atom is -0.469 e. The summed E-state index contributed by atoms with van der Waals surface area (Å²) in [4.78, 5) is 31.7. The number of halogens is 2. The molecule has 1 atom stereocenters. The van der Waals surface area contributed by atoms with Gasteiger partial charge in [-0.2, -0.15) is 5.06 Å². The van der Waals surface area contributed by atoms with E-state index in [4.69, 9.17) is 32.8 Å². The number of methoxy groups -OCH3 is 1. The molecule has 136 valence electrons. The average molecular weight is 395 g/mol. The number of nitrogens with zero attached hydrogens (tertiary/aromatic N) is 2. The second-order valence-corrected chi connectivity index (χ2v) is 6.39. The summed E-state index contributed by atoms with van der Waals surface area (Å²) in [5.74, 6) is -0.501. The van der Waals surface area contributed by atoms with Crippen molar-refractivity contribution in [2.24, 2.45) is 0 Å². The highest BCUT2D eigenvalue weighted by Crippen LogP contribution is 2.34. The van der Waals surface area contributed by atoms with Gasteiger partial charge < -0.3 is 4.74 Å². The lowest BCUT2D eigenvalue weighted by Gasteiger charge is -2.21. The molecule has 0 spiro atoms. The number of ether oxygens (including phenoxy) is 1. The van der Waals surface area contributed by atoms with Crippen LogP contribution in [0.25, 0.3) is 0 Å². The quantitative estimate of drug-likeness (QED) is 0.710. The molecular weight excluding hydrogens is 379 g/mol. The minimum atomic E-state index is -0.864. The maximum absolute atomic E-state index is 12.9. The van der Waals surface area contributed by atoms with Crippen molar-refractivity contribution in [1.29, 1.82) is 0 Å². The summed E-state index contributed by atoms with van der Waals surface area (Å²) in [6.07, 6.45) is -0.996. The average Bonchev–Trinajstić information content (AvgIpc) is 2.92. The van der Waals surface area contributed by atoms with E-state index in [9.17, 15) is 9.59 Å². The fourth-order valence-corrected chi connectivity index (χ4v) is 3.05. The largest absolute Gasteiger partial charge is 0.469 e. The molecule has 26 heavy (non-hydrogen) atoms. The molecule has 0 radical (unpaired) electrons. The van der Waals surface area contributed by atoms with Crippen LogP contribution in [-0.2, 0) is 20.9 Å². The zero-order valence-corrected chi connectivity index (χ0v) is 15.4. The van der Waals surface area contributed by atoms with E-state index in [0.29, 0.717) is 15.7 Å². The number of esters is 1. The van der Waals surface area contributed by atoms with Crippen molar-refractivity contribution in [1.82, 2.24) is 5.06 Å². The van der Waals surface area contributed by atoms with E-state index in [1.54, 1.807) is 42.5 Å². The Morgan fingerprint density at radius 3 is 2.42 bits per heavy atom. The molecule has 1 fully saturated rings. The Morgan fingerprint density at radius 1 is 1.12 bits per heavy atom. The number of amides is 2. The highest BCUT2D eigenvalue weighted by Gasteiger charge is 2.42. The molecule has 1 saturated heterocycles. The van der Waals surface area contributed by atoms with Gasteiger partial charge in [-0.1, -0.05) is 53.5 Å². The summed E-state index contributed by atoms with van der Waals surface area (Å²) < 4.78 is 4.70. The van der Waals surface area contributed by atoms with Gasteiger partial charge in [0.05, 0.1) is 30.8 Å². The van der Waals surface area contributed by atoms with Crippen molar-refractivity contribution in [3.05, 3.63) is 64.1 Å². The van der Waals surface area contributed by atoms with E-state index in [-0.39, 0.29) is 13.0 Å². The van der Waals surface area contributed by atoms with Crippen LogP contribution >= 0.6 is 23.2 Å². The number of hydroxylamine groups is 2. The number of carbonyl (C=O) groups excluding carboxylic acids is 2. The number of benzene rings is 2. The van der Waals surface area contributed by atoms with Crippen LogP contribution in [-0.4, -0.2) is 30.4 Å². The Kier molecular flexibility index (Phi) is 5.66. The van der Waals surface area contributed by atoms with E-state index in [0.717, 1.165) is 10.6 Å². The topological polar surface area (TPSA) is 59.1 Å². The molecule has 0 aliphatic carbocycles. The number of carbonyl (C=O) groups is 2. The Labute approximate surface area is 160 Å². The van der Waals surface area contributed by atoms with Gasteiger partial charge in [-0.05, 0) is 23.8 Å². The zero-order chi connectivity index (χ0) is 18.7. The number of hydrogen-bond donors (Lipinski definition) is 0. The fourth-order valence-electron chi connectivity index (χ4n) is 2.63. The van der Waals surface area contributed by atoms with E-state index in [1.807, 2.05) is 6.07 Å². The zero-order valence-electron chi connectivity index (χ0n) is 13.9. The molecule has 2 aromatic rings. The Bertz CT molecular complexity index is 830. The van der Waals surface area contributed by atoms with Crippen LogP contribution in [0.15, 0.2) is 48.5 Å². The summed E-state index contributed by atoms with van der Waals surface area (Å²) in [7, 11) is 1.28. The van der Waals surface area contributed by atoms with Crippen LogP contribution in [0.5, 0.6) is 0 Å². The number of rotatable bonds is 5. The van der Waals surface area contributed by atoms with Gasteiger partial charge in [-0.3, -0.25) is 9.69 Å². The third-order valence-corrected chi connectivity index (χ3v) is 4.60. The normalized spacial score (nSPS) is 16.9. The van der Waals surface area contributed by atoms with Crippen molar-refractivity contribution in [3.63, 3.8) is 0 Å². The molecule has 1 aliphatic rings. The molecule has 6 nitrogen and oxygen atoms in total. The Balaban J connectivity index is 1.90. The second-order valence-electron chi connectivity index (χ2n) is 5.57. The smallest absolute Gasteiger partial charge is 0.351 e. The van der Waals surface area contributed by atoms with E-state index >= 15 is 0 Å². The predicted molar refractivity (Wildman–Crippen MR) is 97.8 cm³/mol. The van der Waals surface area contributed by atoms with Crippen molar-refractivity contribution in [3.8, 4) is 0 Å². The number of anilines is 1. The van der Waals surface area contributed by atoms with E-state index in [2.05, 4.69) is 0 Å². The lowest BCUT2D eigenvalue weighted by molar-refractivity contribution is -0.155. The second kappa shape index (κ2) is 7.95. The summed E-state index contributed by atoms with van der Waals surface area (Å²) in [5, 5.41) is 2.06. The highest BCUT2D eigenvalue weighted by atomic mass is 35.5. The maximum Gasteiger partial charge on any atom is 0.351 e. The molecule has 2 amide bonds. The molecule has 1 unspecified atom stereocenters. The first-order valence-corrected chi connectivity index (χ1v) is 8.59. The van der Waals surface area contributed by atoms with Gasteiger partial charge in [0.1, 0.15) is 0 Å². The van der Waals surface area contributed by atoms with Crippen LogP contribution in [0.1, 0.15) is 12.0 Å². The van der Waals surface area contributed by atoms with Gasteiger partial charge in [0.25, 0.3) is 0 Å². The van der Waals surface area contributed by atoms with Gasteiger partial charge >= 0.3 is 12.0 Å². The molecule has 2 aromatic carbocycles. The summed E-state index contributed by atoms with van der Waals surface area (Å²) >= 11 is 12.4. The summed E-state index contributed by atoms with van der Waals surface area (Å²) in [6.45, 7) is 0.136. The van der Waals surface area contributed by atoms with Crippen molar-refractivity contribution in [2.45, 2.75) is 19.2 Å². The first-order chi connectivity index (χ1) is 12.5. The number of hydrogen-bond acceptors (Lipinski definition) is 4. The Hall–Kier alpha value is -2.28. The number of urea groups is 1. The van der Waals surface area contributed by atoms with Gasteiger partial charge in [-0.25, -0.2) is 9.63 Å². The summed E-state index contributed by atoms with van der Waals surface area (Å²) in [5.41, 5.74) is 1.18. The van der Waals surface area contributed by atoms with Crippen molar-refractivity contribution in [2.75, 3.05) is 12.0 Å². The van der Waals surface area contributed by atoms with Crippen molar-refractivity contribution >= 4 is 40.9 Å². The first kappa shape index (κ1) is 18.5. The molecule has 0 N–H and O–H groups in total. The maximum atomic E-state index is 12.9. The summed E-state index contributed by atoms with van der Waals surface area (Å²) in [6, 6.07) is 13.6. The Morgan fingerprint density at radius 2 is 1.77 bits per heavy atom. The van der Waals surface area contributed by atoms with Crippen molar-refractivity contribution < 1.29 is 19.2 Å². The van der Waals surface area contributed by atoms with E-state index in [1.165, 1.54) is 12.0 Å². The van der Waals surface area contributed by atoms with Crippen LogP contribution in [0.3, 0.4) is 0 Å². The van der Waals surface area contributed by atoms with Gasteiger partial charge in [0, 0.05) is 5.02 Å². The molecule has 8 heteroatoms. The van der Waals surface area contributed by atoms with Crippen LogP contribution in [0.2, 0.25) is 10.0 Å². The molecule has 1 heterocycles. The third kappa shape index (κ3) is 3.77. The molecular formula is C18H16Cl2N2O4. The van der Waals surface area contributed by atoms with Crippen LogP contribution in [0.4, 0.5) is 10.5 Å². The van der Waals surface area contributed by atoms with Gasteiger partial charge in [0.2, 0.25) is 0 Å². The molecule has 0 saturated carbocycles. The molecule has 3 rings (SSSR count). The predicted octanol–water partition coefficient (Wildman–Crippen LogP) is 4.26. The monoisotopic (exact) mass is 394 g/mol. The van der Waals surface area contributed by atoms with Crippen LogP contribution in [0, 0.1) is 0 Å². The lowest BCUT2D eigenvalue weighted by Crippen LogP contribution is -2.36. The van der Waals surface area contributed by atoms with E-state index < -0.39 is 18.2 Å². The molecule has 1 aliphatic heterocycles. The number of para-hydroxylation sites is 1. The highest BCUT2D eigenvalue weighted by molar-refractivity contribution is 6.33. The standard InChI is InChI=1S/C18H16Cl2N2O4/c1-25-17(23)10-16-22(15-9-5-4-8-14(15)20)18(24)21(26-16)11-12-6-2-3-7-13(12)19/h2-9,16H,10-11H2,1H3. The fraction of sp³-hybridized carbons (Fsp3) is 0.222. The van der Waals surface area contributed by atoms with Crippen LogP contribution < -0.4 is 4.90 Å².